The first-order valence-corrected chi connectivity index (χ1v) is 7.02. The van der Waals surface area contributed by atoms with Crippen molar-refractivity contribution in [2.24, 2.45) is 0 Å². The number of ether oxygens (including phenoxy) is 4. The molecule has 0 saturated carbocycles. The summed E-state index contributed by atoms with van der Waals surface area (Å²) >= 11 is 0. The average molecular weight is 298 g/mol. The second-order valence-electron chi connectivity index (χ2n) is 4.91. The van der Waals surface area contributed by atoms with E-state index >= 15 is 0 Å². The summed E-state index contributed by atoms with van der Waals surface area (Å²) in [6, 6.07) is 16.2. The lowest BCUT2D eigenvalue weighted by atomic mass is 10.0. The van der Waals surface area contributed by atoms with Crippen molar-refractivity contribution < 1.29 is 18.9 Å². The molecule has 3 aromatic rings. The molecular weight excluding hydrogens is 280 g/mol. The summed E-state index contributed by atoms with van der Waals surface area (Å²) in [6.07, 6.45) is 0. The number of fused-ring (bicyclic) bond motifs is 2. The van der Waals surface area contributed by atoms with E-state index in [4.69, 9.17) is 18.9 Å². The monoisotopic (exact) mass is 298 g/mol. The van der Waals surface area contributed by atoms with Crippen molar-refractivity contribution >= 4 is 21.5 Å². The molecule has 0 heterocycles. The maximum absolute atomic E-state index is 5.64. The summed E-state index contributed by atoms with van der Waals surface area (Å²) in [5, 5.41) is 4.29. The minimum Gasteiger partial charge on any atom is -0.467 e. The molecule has 0 radical (unpaired) electrons. The minimum atomic E-state index is 0.230. The van der Waals surface area contributed by atoms with Crippen molar-refractivity contribution in [1.82, 2.24) is 0 Å². The zero-order valence-electron chi connectivity index (χ0n) is 12.7. The van der Waals surface area contributed by atoms with Crippen LogP contribution in [0.5, 0.6) is 11.5 Å². The number of hydrogen-bond acceptors (Lipinski definition) is 4. The van der Waals surface area contributed by atoms with Crippen LogP contribution in [-0.4, -0.2) is 27.8 Å². The molecule has 0 aliphatic heterocycles. The maximum atomic E-state index is 5.64. The van der Waals surface area contributed by atoms with Crippen LogP contribution in [0.25, 0.3) is 21.5 Å². The summed E-state index contributed by atoms with van der Waals surface area (Å²) in [5.41, 5.74) is 0. The molecule has 3 aromatic carbocycles. The molecule has 0 N–H and O–H groups in total. The molecule has 0 aromatic heterocycles. The Labute approximate surface area is 129 Å². The molecule has 0 saturated heterocycles. The van der Waals surface area contributed by atoms with Crippen LogP contribution in [0.1, 0.15) is 0 Å². The zero-order chi connectivity index (χ0) is 15.4. The van der Waals surface area contributed by atoms with E-state index in [1.807, 2.05) is 24.3 Å². The molecule has 0 aliphatic rings. The third-order valence-corrected chi connectivity index (χ3v) is 3.46. The van der Waals surface area contributed by atoms with Crippen molar-refractivity contribution in [2.75, 3.05) is 27.8 Å². The van der Waals surface area contributed by atoms with E-state index in [9.17, 15) is 0 Å². The van der Waals surface area contributed by atoms with Crippen LogP contribution in [0.3, 0.4) is 0 Å². The van der Waals surface area contributed by atoms with Crippen LogP contribution in [0, 0.1) is 0 Å². The van der Waals surface area contributed by atoms with Crippen LogP contribution >= 0.6 is 0 Å². The molecule has 0 fully saturated rings. The molecule has 0 bridgehead atoms. The van der Waals surface area contributed by atoms with Gasteiger partial charge in [0.2, 0.25) is 0 Å². The summed E-state index contributed by atoms with van der Waals surface area (Å²) in [4.78, 5) is 0. The fraction of sp³-hybridized carbons (Fsp3) is 0.222. The summed E-state index contributed by atoms with van der Waals surface area (Å²) in [7, 11) is 3.22. The molecule has 0 spiro atoms. The van der Waals surface area contributed by atoms with Crippen LogP contribution in [0.4, 0.5) is 0 Å². The van der Waals surface area contributed by atoms with Crippen molar-refractivity contribution in [3.63, 3.8) is 0 Å². The van der Waals surface area contributed by atoms with Gasteiger partial charge in [0, 0.05) is 25.0 Å². The topological polar surface area (TPSA) is 36.9 Å². The lowest BCUT2D eigenvalue weighted by Crippen LogP contribution is -2.00. The van der Waals surface area contributed by atoms with E-state index in [1.165, 1.54) is 0 Å². The van der Waals surface area contributed by atoms with Crippen LogP contribution in [0.15, 0.2) is 48.5 Å². The van der Waals surface area contributed by atoms with Crippen LogP contribution in [-0.2, 0) is 9.47 Å². The maximum Gasteiger partial charge on any atom is 0.188 e. The summed E-state index contributed by atoms with van der Waals surface area (Å²) in [5.74, 6) is 1.62. The lowest BCUT2D eigenvalue weighted by molar-refractivity contribution is 0.0520. The molecule has 4 heteroatoms. The van der Waals surface area contributed by atoms with E-state index in [0.717, 1.165) is 33.0 Å². The highest BCUT2D eigenvalue weighted by molar-refractivity contribution is 6.03. The molecule has 22 heavy (non-hydrogen) atoms. The van der Waals surface area contributed by atoms with Crippen molar-refractivity contribution in [1.29, 1.82) is 0 Å². The van der Waals surface area contributed by atoms with E-state index < -0.39 is 0 Å². The fourth-order valence-corrected chi connectivity index (χ4v) is 2.49. The summed E-state index contributed by atoms with van der Waals surface area (Å²) < 4.78 is 21.3. The SMILES string of the molecule is COCOc1cccc2cc3c(OCOC)cccc3cc12. The molecule has 0 aliphatic carbocycles. The molecule has 4 nitrogen and oxygen atoms in total. The van der Waals surface area contributed by atoms with Gasteiger partial charge in [0.1, 0.15) is 11.5 Å². The Morgan fingerprint density at radius 1 is 0.682 bits per heavy atom. The molecular formula is C18H18O4. The van der Waals surface area contributed by atoms with Crippen LogP contribution < -0.4 is 9.47 Å². The van der Waals surface area contributed by atoms with Crippen molar-refractivity contribution in [3.8, 4) is 11.5 Å². The van der Waals surface area contributed by atoms with Crippen LogP contribution in [0.2, 0.25) is 0 Å². The van der Waals surface area contributed by atoms with Gasteiger partial charge in [-0.25, -0.2) is 0 Å². The normalized spacial score (nSPS) is 11.0. The van der Waals surface area contributed by atoms with E-state index in [-0.39, 0.29) is 13.6 Å². The second kappa shape index (κ2) is 6.64. The Morgan fingerprint density at radius 2 is 1.14 bits per heavy atom. The first-order chi connectivity index (χ1) is 10.8. The van der Waals surface area contributed by atoms with E-state index in [1.54, 1.807) is 14.2 Å². The van der Waals surface area contributed by atoms with Gasteiger partial charge in [-0.3, -0.25) is 0 Å². The van der Waals surface area contributed by atoms with Gasteiger partial charge in [-0.05, 0) is 35.0 Å². The van der Waals surface area contributed by atoms with Gasteiger partial charge in [0.15, 0.2) is 13.6 Å². The van der Waals surface area contributed by atoms with Crippen molar-refractivity contribution in [3.05, 3.63) is 48.5 Å². The minimum absolute atomic E-state index is 0.230. The van der Waals surface area contributed by atoms with Gasteiger partial charge in [-0.15, -0.1) is 0 Å². The molecule has 0 atom stereocenters. The highest BCUT2D eigenvalue weighted by Gasteiger charge is 2.07. The second-order valence-corrected chi connectivity index (χ2v) is 4.91. The number of hydrogen-bond donors (Lipinski definition) is 0. The highest BCUT2D eigenvalue weighted by atomic mass is 16.7. The zero-order valence-corrected chi connectivity index (χ0v) is 12.7. The number of benzene rings is 3. The Bertz CT molecular complexity index is 715. The van der Waals surface area contributed by atoms with E-state index in [0.29, 0.717) is 0 Å². The predicted molar refractivity (Wildman–Crippen MR) is 86.5 cm³/mol. The largest absolute Gasteiger partial charge is 0.467 e. The Kier molecular flexibility index (Phi) is 4.42. The standard InChI is InChI=1S/C18H18O4/c1-19-11-21-17-7-3-5-13-10-16-14(9-15(13)17)6-4-8-18(16)22-12-20-2/h3-10H,11-12H2,1-2H3. The van der Waals surface area contributed by atoms with Gasteiger partial charge in [0.05, 0.1) is 0 Å². The van der Waals surface area contributed by atoms with Gasteiger partial charge < -0.3 is 18.9 Å². The number of rotatable bonds is 6. The van der Waals surface area contributed by atoms with Gasteiger partial charge >= 0.3 is 0 Å². The third-order valence-electron chi connectivity index (χ3n) is 3.46. The quantitative estimate of drug-likeness (QED) is 0.510. The van der Waals surface area contributed by atoms with E-state index in [2.05, 4.69) is 24.3 Å². The molecule has 114 valence electrons. The Hall–Kier alpha value is -2.30. The Morgan fingerprint density at radius 3 is 1.55 bits per heavy atom. The smallest absolute Gasteiger partial charge is 0.188 e. The molecule has 3 rings (SSSR count). The lowest BCUT2D eigenvalue weighted by Gasteiger charge is -2.12. The first kappa shape index (κ1) is 14.6. The Balaban J connectivity index is 2.13. The first-order valence-electron chi connectivity index (χ1n) is 7.02. The third kappa shape index (κ3) is 2.84. The molecule has 0 unspecified atom stereocenters. The average Bonchev–Trinajstić information content (AvgIpc) is 2.56. The molecule has 0 amide bonds. The van der Waals surface area contributed by atoms with Gasteiger partial charge in [-0.2, -0.15) is 0 Å². The predicted octanol–water partition coefficient (Wildman–Crippen LogP) is 3.96. The van der Waals surface area contributed by atoms with Gasteiger partial charge in [-0.1, -0.05) is 24.3 Å². The van der Waals surface area contributed by atoms with Crippen molar-refractivity contribution in [2.45, 2.75) is 0 Å². The fourth-order valence-electron chi connectivity index (χ4n) is 2.49. The van der Waals surface area contributed by atoms with Gasteiger partial charge in [0.25, 0.3) is 0 Å². The highest BCUT2D eigenvalue weighted by Crippen LogP contribution is 2.33. The summed E-state index contributed by atoms with van der Waals surface area (Å²) in [6.45, 7) is 0.461. The number of methoxy groups -OCH3 is 2.